The number of rotatable bonds is 2. The molecule has 1 saturated carbocycles. The van der Waals surface area contributed by atoms with Gasteiger partial charge in [-0.25, -0.2) is 0 Å². The van der Waals surface area contributed by atoms with E-state index in [0.29, 0.717) is 0 Å². The Morgan fingerprint density at radius 2 is 1.91 bits per heavy atom. The fourth-order valence-electron chi connectivity index (χ4n) is 1.58. The van der Waals surface area contributed by atoms with Gasteiger partial charge in [-0.1, -0.05) is 12.8 Å². The summed E-state index contributed by atoms with van der Waals surface area (Å²) < 4.78 is 0. The molecule has 62 valence electrons. The highest BCUT2D eigenvalue weighted by atomic mass is 32.1. The molecule has 1 aliphatic carbocycles. The van der Waals surface area contributed by atoms with E-state index in [1.165, 1.54) is 25.7 Å². The van der Waals surface area contributed by atoms with Gasteiger partial charge in [-0.15, -0.1) is 11.8 Å². The first-order chi connectivity index (χ1) is 5.43. The van der Waals surface area contributed by atoms with Crippen molar-refractivity contribution in [2.24, 2.45) is 5.92 Å². The van der Waals surface area contributed by atoms with E-state index >= 15 is 0 Å². The van der Waals surface area contributed by atoms with Crippen molar-refractivity contribution in [2.75, 3.05) is 5.75 Å². The van der Waals surface area contributed by atoms with E-state index < -0.39 is 0 Å². The van der Waals surface area contributed by atoms with Crippen molar-refractivity contribution >= 4 is 12.6 Å². The van der Waals surface area contributed by atoms with Gasteiger partial charge in [0.1, 0.15) is 0 Å². The van der Waals surface area contributed by atoms with Gasteiger partial charge in [-0.3, -0.25) is 0 Å². The Labute approximate surface area is 75.2 Å². The zero-order chi connectivity index (χ0) is 7.94. The highest BCUT2D eigenvalue weighted by Crippen LogP contribution is 2.26. The van der Waals surface area contributed by atoms with Crippen molar-refractivity contribution in [3.63, 3.8) is 0 Å². The van der Waals surface area contributed by atoms with Gasteiger partial charge >= 0.3 is 0 Å². The quantitative estimate of drug-likeness (QED) is 0.476. The molecule has 1 heteroatoms. The molecule has 1 aliphatic rings. The molecule has 0 amide bonds. The van der Waals surface area contributed by atoms with Crippen molar-refractivity contribution in [1.82, 2.24) is 0 Å². The third-order valence-electron chi connectivity index (χ3n) is 2.23. The summed E-state index contributed by atoms with van der Waals surface area (Å²) in [7, 11) is 0. The summed E-state index contributed by atoms with van der Waals surface area (Å²) in [4.78, 5) is 0. The Kier molecular flexibility index (Phi) is 4.54. The third kappa shape index (κ3) is 3.72. The van der Waals surface area contributed by atoms with E-state index in [0.717, 1.165) is 24.5 Å². The van der Waals surface area contributed by atoms with Gasteiger partial charge in [0.05, 0.1) is 0 Å². The Hall–Kier alpha value is -0.0900. The molecule has 0 radical (unpaired) electrons. The zero-order valence-corrected chi connectivity index (χ0v) is 7.87. The maximum absolute atomic E-state index is 4.10. The summed E-state index contributed by atoms with van der Waals surface area (Å²) in [6, 6.07) is 0. The molecule has 0 aromatic carbocycles. The molecule has 1 rings (SSSR count). The van der Waals surface area contributed by atoms with Gasteiger partial charge < -0.3 is 0 Å². The van der Waals surface area contributed by atoms with Crippen LogP contribution in [0.3, 0.4) is 0 Å². The van der Waals surface area contributed by atoms with E-state index in [4.69, 9.17) is 0 Å². The molecular formula is C10H16S. The molecule has 0 spiro atoms. The third-order valence-corrected chi connectivity index (χ3v) is 2.45. The second-order valence-corrected chi connectivity index (χ2v) is 3.63. The predicted molar refractivity (Wildman–Crippen MR) is 52.8 cm³/mol. The van der Waals surface area contributed by atoms with Crippen molar-refractivity contribution in [2.45, 2.75) is 38.5 Å². The molecule has 0 aromatic rings. The summed E-state index contributed by atoms with van der Waals surface area (Å²) >= 11 is 4.10. The monoisotopic (exact) mass is 168 g/mol. The molecule has 0 N–H and O–H groups in total. The second kappa shape index (κ2) is 5.55. The van der Waals surface area contributed by atoms with E-state index in [-0.39, 0.29) is 0 Å². The minimum absolute atomic E-state index is 0.900. The summed E-state index contributed by atoms with van der Waals surface area (Å²) in [5.41, 5.74) is 0. The topological polar surface area (TPSA) is 0 Å². The standard InChI is InChI=1S/C10H16S/c11-9-5-1-2-6-10-7-3-4-8-10/h10-11H,3-9H2. The second-order valence-electron chi connectivity index (χ2n) is 3.18. The fourth-order valence-corrected chi connectivity index (χ4v) is 1.69. The molecule has 0 heterocycles. The molecule has 0 saturated heterocycles. The Morgan fingerprint density at radius 1 is 1.18 bits per heavy atom. The SMILES string of the molecule is SCCC#CCC1CCCC1. The first kappa shape index (κ1) is 9.00. The van der Waals surface area contributed by atoms with Crippen LogP contribution in [0.15, 0.2) is 0 Å². The molecule has 11 heavy (non-hydrogen) atoms. The van der Waals surface area contributed by atoms with Crippen LogP contribution in [0.5, 0.6) is 0 Å². The molecule has 0 aliphatic heterocycles. The summed E-state index contributed by atoms with van der Waals surface area (Å²) in [6.45, 7) is 0. The molecule has 0 atom stereocenters. The van der Waals surface area contributed by atoms with E-state index in [1.54, 1.807) is 0 Å². The number of thiol groups is 1. The smallest absolute Gasteiger partial charge is 0.0177 e. The molecule has 1 fully saturated rings. The van der Waals surface area contributed by atoms with Crippen LogP contribution in [0.25, 0.3) is 0 Å². The van der Waals surface area contributed by atoms with Crippen LogP contribution in [-0.2, 0) is 0 Å². The van der Waals surface area contributed by atoms with Gasteiger partial charge in [0.15, 0.2) is 0 Å². The predicted octanol–water partition coefficient (Wildman–Crippen LogP) is 2.89. The van der Waals surface area contributed by atoms with Crippen LogP contribution in [0.2, 0.25) is 0 Å². The van der Waals surface area contributed by atoms with Crippen LogP contribution in [0.4, 0.5) is 0 Å². The average molecular weight is 168 g/mol. The lowest BCUT2D eigenvalue weighted by molar-refractivity contribution is 0.566. The van der Waals surface area contributed by atoms with Crippen molar-refractivity contribution in [3.8, 4) is 11.8 Å². The largest absolute Gasteiger partial charge is 0.178 e. The normalized spacial score (nSPS) is 17.9. The van der Waals surface area contributed by atoms with Gasteiger partial charge in [-0.2, -0.15) is 12.6 Å². The van der Waals surface area contributed by atoms with Crippen LogP contribution in [0.1, 0.15) is 38.5 Å². The van der Waals surface area contributed by atoms with Crippen LogP contribution < -0.4 is 0 Å². The summed E-state index contributed by atoms with van der Waals surface area (Å²) in [6.07, 6.45) is 7.77. The molecular weight excluding hydrogens is 152 g/mol. The van der Waals surface area contributed by atoms with Crippen molar-refractivity contribution in [3.05, 3.63) is 0 Å². The van der Waals surface area contributed by atoms with Gasteiger partial charge in [0, 0.05) is 18.6 Å². The zero-order valence-electron chi connectivity index (χ0n) is 6.97. The van der Waals surface area contributed by atoms with Gasteiger partial charge in [-0.05, 0) is 18.8 Å². The van der Waals surface area contributed by atoms with E-state index in [9.17, 15) is 0 Å². The number of hydrogen-bond donors (Lipinski definition) is 1. The lowest BCUT2D eigenvalue weighted by atomic mass is 10.1. The fraction of sp³-hybridized carbons (Fsp3) is 0.800. The maximum Gasteiger partial charge on any atom is 0.0177 e. The summed E-state index contributed by atoms with van der Waals surface area (Å²) in [5, 5.41) is 0. The van der Waals surface area contributed by atoms with Crippen LogP contribution in [0, 0.1) is 17.8 Å². The van der Waals surface area contributed by atoms with E-state index in [2.05, 4.69) is 24.5 Å². The van der Waals surface area contributed by atoms with Crippen molar-refractivity contribution in [1.29, 1.82) is 0 Å². The highest BCUT2D eigenvalue weighted by molar-refractivity contribution is 7.80. The minimum atomic E-state index is 0.900. The lowest BCUT2D eigenvalue weighted by Gasteiger charge is -2.00. The first-order valence-electron chi connectivity index (χ1n) is 4.50. The van der Waals surface area contributed by atoms with Crippen LogP contribution in [-0.4, -0.2) is 5.75 Å². The average Bonchev–Trinajstić information content (AvgIpc) is 2.50. The molecule has 0 aromatic heterocycles. The molecule has 0 nitrogen and oxygen atoms in total. The Morgan fingerprint density at radius 3 is 2.55 bits per heavy atom. The molecule has 0 bridgehead atoms. The number of hydrogen-bond acceptors (Lipinski definition) is 1. The lowest BCUT2D eigenvalue weighted by Crippen LogP contribution is -1.89. The Balaban J connectivity index is 2.06. The minimum Gasteiger partial charge on any atom is -0.178 e. The van der Waals surface area contributed by atoms with E-state index in [1.807, 2.05) is 0 Å². The highest BCUT2D eigenvalue weighted by Gasteiger charge is 2.12. The van der Waals surface area contributed by atoms with Gasteiger partial charge in [0.2, 0.25) is 0 Å². The van der Waals surface area contributed by atoms with Gasteiger partial charge in [0.25, 0.3) is 0 Å². The van der Waals surface area contributed by atoms with Crippen LogP contribution >= 0.6 is 12.6 Å². The first-order valence-corrected chi connectivity index (χ1v) is 5.13. The Bertz CT molecular complexity index is 146. The maximum atomic E-state index is 4.10. The molecule has 0 unspecified atom stereocenters. The summed E-state index contributed by atoms with van der Waals surface area (Å²) in [5.74, 6) is 8.18. The van der Waals surface area contributed by atoms with Crippen molar-refractivity contribution < 1.29 is 0 Å².